The molecule has 0 unspecified atom stereocenters. The number of nitro groups is 1. The van der Waals surface area contributed by atoms with Crippen LogP contribution in [0.5, 0.6) is 0 Å². The van der Waals surface area contributed by atoms with E-state index >= 15 is 0 Å². The zero-order valence-corrected chi connectivity index (χ0v) is 15.4. The molecule has 2 heterocycles. The average molecular weight is 389 g/mol. The zero-order valence-electron chi connectivity index (χ0n) is 13.8. The van der Waals surface area contributed by atoms with E-state index in [2.05, 4.69) is 20.5 Å². The number of hydrogen-bond acceptors (Lipinski definition) is 7. The number of nitro benzene ring substituents is 1. The summed E-state index contributed by atoms with van der Waals surface area (Å²) in [4.78, 5) is 27.9. The molecule has 0 fully saturated rings. The number of rotatable bonds is 7. The second-order valence-electron chi connectivity index (χ2n) is 5.41. The topological polar surface area (TPSA) is 114 Å². The number of hydrogen-bond donors (Lipinski definition) is 2. The van der Waals surface area contributed by atoms with E-state index in [0.29, 0.717) is 22.8 Å². The minimum absolute atomic E-state index is 0.00568. The molecule has 0 saturated carbocycles. The van der Waals surface area contributed by atoms with E-state index in [1.54, 1.807) is 18.3 Å². The molecule has 0 radical (unpaired) electrons. The molecule has 8 nitrogen and oxygen atoms in total. The van der Waals surface area contributed by atoms with E-state index in [-0.39, 0.29) is 17.3 Å². The van der Waals surface area contributed by atoms with Crippen molar-refractivity contribution in [2.75, 3.05) is 11.1 Å². The summed E-state index contributed by atoms with van der Waals surface area (Å²) in [6, 6.07) is 8.33. The highest BCUT2D eigenvalue weighted by Crippen LogP contribution is 2.22. The summed E-state index contributed by atoms with van der Waals surface area (Å²) in [5.74, 6) is 0.672. The highest BCUT2D eigenvalue weighted by atomic mass is 32.2. The summed E-state index contributed by atoms with van der Waals surface area (Å²) in [6.07, 6.45) is 0.680. The number of benzene rings is 1. The maximum absolute atomic E-state index is 12.1. The minimum Gasteiger partial charge on any atom is -0.325 e. The van der Waals surface area contributed by atoms with Crippen LogP contribution in [0.3, 0.4) is 0 Å². The molecule has 2 aromatic heterocycles. The van der Waals surface area contributed by atoms with Crippen molar-refractivity contribution in [3.05, 3.63) is 62.1 Å². The highest BCUT2D eigenvalue weighted by Gasteiger charge is 2.12. The van der Waals surface area contributed by atoms with Crippen LogP contribution in [0.1, 0.15) is 16.3 Å². The Bertz CT molecular complexity index is 924. The van der Waals surface area contributed by atoms with Gasteiger partial charge in [0.2, 0.25) is 11.1 Å². The summed E-state index contributed by atoms with van der Waals surface area (Å²) < 4.78 is 0. The van der Waals surface area contributed by atoms with Gasteiger partial charge in [-0.15, -0.1) is 16.4 Å². The monoisotopic (exact) mass is 389 g/mol. The molecule has 3 aromatic rings. The number of nitrogens with zero attached hydrogens (tertiary/aromatic N) is 3. The number of aromatic nitrogens is 3. The quantitative estimate of drug-likeness (QED) is 0.364. The first-order valence-electron chi connectivity index (χ1n) is 7.62. The fourth-order valence-corrected chi connectivity index (χ4v) is 3.54. The second-order valence-corrected chi connectivity index (χ2v) is 7.39. The summed E-state index contributed by atoms with van der Waals surface area (Å²) in [6.45, 7) is 1.71. The summed E-state index contributed by atoms with van der Waals surface area (Å²) >= 11 is 2.87. The van der Waals surface area contributed by atoms with Crippen molar-refractivity contribution in [1.29, 1.82) is 0 Å². The number of thiophene rings is 1. The van der Waals surface area contributed by atoms with Crippen LogP contribution >= 0.6 is 23.1 Å². The third-order valence-corrected chi connectivity index (χ3v) is 5.18. The Kier molecular flexibility index (Phi) is 5.64. The minimum atomic E-state index is -0.467. The van der Waals surface area contributed by atoms with Crippen LogP contribution in [0, 0.1) is 17.0 Å². The molecular formula is C16H15N5O3S2. The molecule has 0 atom stereocenters. The highest BCUT2D eigenvalue weighted by molar-refractivity contribution is 7.99. The fourth-order valence-electron chi connectivity index (χ4n) is 2.22. The third kappa shape index (κ3) is 4.67. The van der Waals surface area contributed by atoms with Gasteiger partial charge in [-0.1, -0.05) is 17.8 Å². The number of aryl methyl sites for hydroxylation is 1. The van der Waals surface area contributed by atoms with Crippen molar-refractivity contribution in [1.82, 2.24) is 15.2 Å². The summed E-state index contributed by atoms with van der Waals surface area (Å²) in [5, 5.41) is 23.0. The van der Waals surface area contributed by atoms with Crippen molar-refractivity contribution in [2.24, 2.45) is 0 Å². The molecule has 134 valence electrons. The molecule has 0 spiro atoms. The molecule has 0 bridgehead atoms. The lowest BCUT2D eigenvalue weighted by molar-refractivity contribution is -0.384. The van der Waals surface area contributed by atoms with Crippen molar-refractivity contribution in [3.63, 3.8) is 0 Å². The predicted molar refractivity (Wildman–Crippen MR) is 101 cm³/mol. The van der Waals surface area contributed by atoms with Gasteiger partial charge in [-0.25, -0.2) is 4.98 Å². The largest absolute Gasteiger partial charge is 0.325 e. The number of carbonyl (C=O) groups excluding carboxylic acids is 1. The molecule has 0 aliphatic heterocycles. The molecule has 3 rings (SSSR count). The Morgan fingerprint density at radius 3 is 2.96 bits per heavy atom. The number of anilines is 1. The van der Waals surface area contributed by atoms with Gasteiger partial charge < -0.3 is 5.32 Å². The van der Waals surface area contributed by atoms with Gasteiger partial charge in [0, 0.05) is 29.1 Å². The fraction of sp³-hybridized carbons (Fsp3) is 0.188. The van der Waals surface area contributed by atoms with Crippen LogP contribution in [0.4, 0.5) is 11.4 Å². The molecule has 10 heteroatoms. The van der Waals surface area contributed by atoms with Gasteiger partial charge in [-0.2, -0.15) is 0 Å². The lowest BCUT2D eigenvalue weighted by atomic mass is 10.2. The van der Waals surface area contributed by atoms with Gasteiger partial charge in [0.1, 0.15) is 5.82 Å². The van der Waals surface area contributed by atoms with Gasteiger partial charge in [0.15, 0.2) is 0 Å². The van der Waals surface area contributed by atoms with Crippen LogP contribution in [0.25, 0.3) is 0 Å². The van der Waals surface area contributed by atoms with Gasteiger partial charge in [0.25, 0.3) is 5.69 Å². The second kappa shape index (κ2) is 8.11. The zero-order chi connectivity index (χ0) is 18.5. The lowest BCUT2D eigenvalue weighted by Gasteiger charge is -2.07. The summed E-state index contributed by atoms with van der Waals surface area (Å²) in [7, 11) is 0. The normalized spacial score (nSPS) is 10.7. The standard InChI is InChI=1S/C16H15N5O3S2/c1-10-7-11(21(23)24)4-5-13(10)17-15(22)9-26-16-18-14(19-20-16)8-12-3-2-6-25-12/h2-7H,8-9H2,1H3,(H,17,22)(H,18,19,20). The maximum Gasteiger partial charge on any atom is 0.269 e. The lowest BCUT2D eigenvalue weighted by Crippen LogP contribution is -2.15. The smallest absolute Gasteiger partial charge is 0.269 e. The first-order chi connectivity index (χ1) is 12.5. The first kappa shape index (κ1) is 18.1. The maximum atomic E-state index is 12.1. The predicted octanol–water partition coefficient (Wildman–Crippen LogP) is 3.40. The molecule has 2 N–H and O–H groups in total. The van der Waals surface area contributed by atoms with Gasteiger partial charge >= 0.3 is 0 Å². The number of non-ortho nitro benzene ring substituents is 1. The number of thioether (sulfide) groups is 1. The first-order valence-corrected chi connectivity index (χ1v) is 9.49. The number of amides is 1. The average Bonchev–Trinajstić information content (AvgIpc) is 3.27. The van der Waals surface area contributed by atoms with Crippen LogP contribution in [0.15, 0.2) is 40.9 Å². The Balaban J connectivity index is 1.53. The van der Waals surface area contributed by atoms with Gasteiger partial charge in [0.05, 0.1) is 10.7 Å². The number of aromatic amines is 1. The molecule has 0 saturated heterocycles. The van der Waals surface area contributed by atoms with Crippen molar-refractivity contribution in [2.45, 2.75) is 18.5 Å². The van der Waals surface area contributed by atoms with Crippen molar-refractivity contribution >= 4 is 40.4 Å². The number of H-pyrrole nitrogens is 1. The number of carbonyl (C=O) groups is 1. The molecule has 1 aromatic carbocycles. The Morgan fingerprint density at radius 2 is 2.27 bits per heavy atom. The third-order valence-electron chi connectivity index (χ3n) is 3.46. The van der Waals surface area contributed by atoms with Crippen LogP contribution in [-0.2, 0) is 11.2 Å². The van der Waals surface area contributed by atoms with E-state index in [1.807, 2.05) is 17.5 Å². The van der Waals surface area contributed by atoms with Crippen LogP contribution in [0.2, 0.25) is 0 Å². The van der Waals surface area contributed by atoms with Gasteiger partial charge in [-0.05, 0) is 30.0 Å². The van der Waals surface area contributed by atoms with Crippen molar-refractivity contribution < 1.29 is 9.72 Å². The van der Waals surface area contributed by atoms with E-state index in [0.717, 1.165) is 5.82 Å². The molecule has 0 aliphatic carbocycles. The van der Waals surface area contributed by atoms with Crippen molar-refractivity contribution in [3.8, 4) is 0 Å². The summed E-state index contributed by atoms with van der Waals surface area (Å²) in [5.41, 5.74) is 1.18. The Hall–Kier alpha value is -2.72. The van der Waals surface area contributed by atoms with E-state index in [1.165, 1.54) is 34.8 Å². The Morgan fingerprint density at radius 1 is 1.42 bits per heavy atom. The van der Waals surface area contributed by atoms with E-state index < -0.39 is 4.92 Å². The van der Waals surface area contributed by atoms with Crippen LogP contribution in [-0.4, -0.2) is 31.8 Å². The SMILES string of the molecule is Cc1cc([N+](=O)[O-])ccc1NC(=O)CSc1n[nH]c(Cc2cccs2)n1. The number of nitrogens with one attached hydrogen (secondary N) is 2. The van der Waals surface area contributed by atoms with E-state index in [4.69, 9.17) is 0 Å². The molecule has 0 aliphatic rings. The van der Waals surface area contributed by atoms with Gasteiger partial charge in [-0.3, -0.25) is 20.0 Å². The molecular weight excluding hydrogens is 374 g/mol. The molecule has 1 amide bonds. The van der Waals surface area contributed by atoms with Crippen LogP contribution < -0.4 is 5.32 Å². The molecule has 26 heavy (non-hydrogen) atoms. The Labute approximate surface area is 157 Å². The van der Waals surface area contributed by atoms with E-state index in [9.17, 15) is 14.9 Å².